The number of carbonyl (C=O) groups is 2. The maximum atomic E-state index is 12.6. The third-order valence-electron chi connectivity index (χ3n) is 6.26. The number of nitrogens with one attached hydrogen (secondary N) is 1. The lowest BCUT2D eigenvalue weighted by atomic mass is 9.84. The average molecular weight is 418 g/mol. The molecule has 1 aromatic carbocycles. The fourth-order valence-electron chi connectivity index (χ4n) is 4.55. The van der Waals surface area contributed by atoms with Gasteiger partial charge in [0.25, 0.3) is 0 Å². The zero-order chi connectivity index (χ0) is 21.3. The van der Waals surface area contributed by atoms with Gasteiger partial charge in [0.05, 0.1) is 19.1 Å². The van der Waals surface area contributed by atoms with Gasteiger partial charge in [-0.15, -0.1) is 0 Å². The highest BCUT2D eigenvalue weighted by Crippen LogP contribution is 2.47. The van der Waals surface area contributed by atoms with Crippen LogP contribution >= 0.6 is 0 Å². The largest absolute Gasteiger partial charge is 0.487 e. The average Bonchev–Trinajstić information content (AvgIpc) is 3.11. The molecule has 2 N–H and O–H groups in total. The van der Waals surface area contributed by atoms with Gasteiger partial charge >= 0.3 is 0 Å². The molecule has 30 heavy (non-hydrogen) atoms. The number of aliphatic hydroxyl groups is 1. The smallest absolute Gasteiger partial charge is 0.227 e. The van der Waals surface area contributed by atoms with Crippen LogP contribution in [0, 0.1) is 5.92 Å². The van der Waals surface area contributed by atoms with Gasteiger partial charge in [0, 0.05) is 50.4 Å². The van der Waals surface area contributed by atoms with Gasteiger partial charge in [-0.1, -0.05) is 0 Å². The van der Waals surface area contributed by atoms with Crippen LogP contribution in [0.25, 0.3) is 0 Å². The summed E-state index contributed by atoms with van der Waals surface area (Å²) in [6, 6.07) is 5.67. The first kappa shape index (κ1) is 21.1. The molecule has 0 unspecified atom stereocenters. The molecule has 164 valence electrons. The van der Waals surface area contributed by atoms with Crippen LogP contribution in [0.3, 0.4) is 0 Å². The number of amides is 2. The van der Waals surface area contributed by atoms with Crippen LogP contribution in [0.4, 0.5) is 5.69 Å². The van der Waals surface area contributed by atoms with Crippen molar-refractivity contribution >= 4 is 17.5 Å². The molecule has 8 heteroatoms. The van der Waals surface area contributed by atoms with Crippen molar-refractivity contribution < 1.29 is 28.9 Å². The summed E-state index contributed by atoms with van der Waals surface area (Å²) in [5, 5.41) is 12.9. The number of anilines is 1. The van der Waals surface area contributed by atoms with Gasteiger partial charge in [-0.25, -0.2) is 0 Å². The van der Waals surface area contributed by atoms with Gasteiger partial charge < -0.3 is 29.5 Å². The van der Waals surface area contributed by atoms with Crippen LogP contribution < -0.4 is 10.1 Å². The van der Waals surface area contributed by atoms with E-state index in [2.05, 4.69) is 5.32 Å². The Morgan fingerprint density at radius 3 is 2.70 bits per heavy atom. The summed E-state index contributed by atoms with van der Waals surface area (Å²) in [7, 11) is 3.44. The standard InChI is InChI=1S/C22H30N2O6/c1-24(2)20(26)11-15-10-17-16-9-14(23-22(27)13-5-7-28-8-6-13)3-4-18(16)30-21(17)19(12-25)29-15/h3-4,9,13,15,17,19,21,25H,5-8,10-12H2,1-2H3,(H,23,27)/t15-,17+,19-,21-/m0/s1. The topological polar surface area (TPSA) is 97.3 Å². The van der Waals surface area contributed by atoms with Gasteiger partial charge in [0.1, 0.15) is 18.0 Å². The molecule has 0 aromatic heterocycles. The third-order valence-corrected chi connectivity index (χ3v) is 6.26. The SMILES string of the molecule is CN(C)C(=O)C[C@@H]1C[C@@H]2c3cc(NC(=O)C4CCOCC4)ccc3O[C@@H]2[C@H](CO)O1. The number of fused-ring (bicyclic) bond motifs is 3. The van der Waals surface area contributed by atoms with Crippen molar-refractivity contribution in [3.05, 3.63) is 23.8 Å². The van der Waals surface area contributed by atoms with E-state index in [0.717, 1.165) is 29.8 Å². The number of nitrogens with zero attached hydrogens (tertiary/aromatic N) is 1. The van der Waals surface area contributed by atoms with E-state index >= 15 is 0 Å². The van der Waals surface area contributed by atoms with Crippen LogP contribution in [0.2, 0.25) is 0 Å². The molecular weight excluding hydrogens is 388 g/mol. The summed E-state index contributed by atoms with van der Waals surface area (Å²) >= 11 is 0. The second kappa shape index (κ2) is 8.91. The lowest BCUT2D eigenvalue weighted by Gasteiger charge is -2.37. The van der Waals surface area contributed by atoms with Crippen molar-refractivity contribution in [1.29, 1.82) is 0 Å². The molecule has 2 fully saturated rings. The Morgan fingerprint density at radius 2 is 2.00 bits per heavy atom. The van der Waals surface area contributed by atoms with Crippen molar-refractivity contribution in [2.75, 3.05) is 39.2 Å². The van der Waals surface area contributed by atoms with Crippen LogP contribution in [0.15, 0.2) is 18.2 Å². The molecular formula is C22H30N2O6. The first-order chi connectivity index (χ1) is 14.5. The number of ether oxygens (including phenoxy) is 3. The lowest BCUT2D eigenvalue weighted by Crippen LogP contribution is -2.47. The summed E-state index contributed by atoms with van der Waals surface area (Å²) in [4.78, 5) is 26.3. The minimum absolute atomic E-state index is 0.00537. The van der Waals surface area contributed by atoms with Crippen molar-refractivity contribution in [1.82, 2.24) is 4.90 Å². The number of hydrogen-bond acceptors (Lipinski definition) is 6. The van der Waals surface area contributed by atoms with E-state index in [-0.39, 0.29) is 48.9 Å². The van der Waals surface area contributed by atoms with Crippen molar-refractivity contribution in [2.24, 2.45) is 5.92 Å². The second-order valence-corrected chi connectivity index (χ2v) is 8.52. The molecule has 1 aromatic rings. The Hall–Kier alpha value is -2.16. The number of aliphatic hydroxyl groups excluding tert-OH is 1. The van der Waals surface area contributed by atoms with Gasteiger partial charge in [-0.3, -0.25) is 9.59 Å². The summed E-state index contributed by atoms with van der Waals surface area (Å²) in [5.74, 6) is 0.732. The Labute approximate surface area is 176 Å². The van der Waals surface area contributed by atoms with Crippen molar-refractivity contribution in [2.45, 2.75) is 49.9 Å². The lowest BCUT2D eigenvalue weighted by molar-refractivity contribution is -0.147. The zero-order valence-corrected chi connectivity index (χ0v) is 17.5. The van der Waals surface area contributed by atoms with Gasteiger partial charge in [0.15, 0.2) is 0 Å². The fraction of sp³-hybridized carbons (Fsp3) is 0.636. The molecule has 4 atom stereocenters. The highest BCUT2D eigenvalue weighted by Gasteiger charge is 2.46. The number of rotatable bonds is 5. The molecule has 0 saturated carbocycles. The number of benzene rings is 1. The van der Waals surface area contributed by atoms with Gasteiger partial charge in [-0.2, -0.15) is 0 Å². The predicted molar refractivity (Wildman–Crippen MR) is 109 cm³/mol. The van der Waals surface area contributed by atoms with Crippen LogP contribution in [0.5, 0.6) is 5.75 Å². The maximum absolute atomic E-state index is 12.6. The highest BCUT2D eigenvalue weighted by atomic mass is 16.6. The summed E-state index contributed by atoms with van der Waals surface area (Å²) < 4.78 is 17.4. The fourth-order valence-corrected chi connectivity index (χ4v) is 4.55. The maximum Gasteiger partial charge on any atom is 0.227 e. The van der Waals surface area contributed by atoms with E-state index < -0.39 is 6.10 Å². The van der Waals surface area contributed by atoms with E-state index in [4.69, 9.17) is 14.2 Å². The minimum atomic E-state index is -0.489. The Kier molecular flexibility index (Phi) is 6.26. The van der Waals surface area contributed by atoms with E-state index in [0.29, 0.717) is 19.6 Å². The molecule has 4 rings (SSSR count). The normalized spacial score (nSPS) is 28.2. The minimum Gasteiger partial charge on any atom is -0.487 e. The van der Waals surface area contributed by atoms with Crippen molar-refractivity contribution in [3.63, 3.8) is 0 Å². The first-order valence-electron chi connectivity index (χ1n) is 10.6. The molecule has 0 spiro atoms. The Bertz CT molecular complexity index is 792. The molecule has 8 nitrogen and oxygen atoms in total. The van der Waals surface area contributed by atoms with Crippen LogP contribution in [-0.2, 0) is 19.1 Å². The monoisotopic (exact) mass is 418 g/mol. The summed E-state index contributed by atoms with van der Waals surface area (Å²) in [6.07, 6.45) is 1.30. The quantitative estimate of drug-likeness (QED) is 0.753. The predicted octanol–water partition coefficient (Wildman–Crippen LogP) is 1.52. The molecule has 2 amide bonds. The Balaban J connectivity index is 1.49. The first-order valence-corrected chi connectivity index (χ1v) is 10.6. The second-order valence-electron chi connectivity index (χ2n) is 8.52. The van der Waals surface area contributed by atoms with Gasteiger partial charge in [-0.05, 0) is 37.5 Å². The molecule has 2 saturated heterocycles. The molecule has 3 aliphatic heterocycles. The van der Waals surface area contributed by atoms with Crippen molar-refractivity contribution in [3.8, 4) is 5.75 Å². The number of carbonyl (C=O) groups excluding carboxylic acids is 2. The summed E-state index contributed by atoms with van der Waals surface area (Å²) in [6.45, 7) is 1.07. The van der Waals surface area contributed by atoms with E-state index in [1.165, 1.54) is 0 Å². The van der Waals surface area contributed by atoms with Crippen LogP contribution in [0.1, 0.15) is 37.2 Å². The third kappa shape index (κ3) is 4.31. The van der Waals surface area contributed by atoms with E-state index in [1.807, 2.05) is 18.2 Å². The summed E-state index contributed by atoms with van der Waals surface area (Å²) in [5.41, 5.74) is 1.73. The molecule has 0 radical (unpaired) electrons. The van der Waals surface area contributed by atoms with E-state index in [1.54, 1.807) is 19.0 Å². The molecule has 0 bridgehead atoms. The molecule has 3 aliphatic rings. The zero-order valence-electron chi connectivity index (χ0n) is 17.5. The van der Waals surface area contributed by atoms with E-state index in [9.17, 15) is 14.7 Å². The highest BCUT2D eigenvalue weighted by molar-refractivity contribution is 5.92. The molecule has 3 heterocycles. The molecule has 0 aliphatic carbocycles. The number of hydrogen-bond donors (Lipinski definition) is 2. The Morgan fingerprint density at radius 1 is 1.23 bits per heavy atom. The van der Waals surface area contributed by atoms with Crippen LogP contribution in [-0.4, -0.2) is 74.0 Å². The van der Waals surface area contributed by atoms with Gasteiger partial charge in [0.2, 0.25) is 11.8 Å².